The monoisotopic (exact) mass is 344 g/mol. The smallest absolute Gasteiger partial charge is 0.139 e. The summed E-state index contributed by atoms with van der Waals surface area (Å²) in [5.74, 6) is 0.597. The number of nitrogens with zero attached hydrogens (tertiary/aromatic N) is 3. The van der Waals surface area contributed by atoms with Crippen molar-refractivity contribution in [2.45, 2.75) is 25.7 Å². The van der Waals surface area contributed by atoms with Crippen molar-refractivity contribution in [2.24, 2.45) is 0 Å². The van der Waals surface area contributed by atoms with E-state index in [9.17, 15) is 15.3 Å². The molecule has 1 aliphatic rings. The number of aromatic nitrogens is 2. The van der Waals surface area contributed by atoms with Crippen LogP contribution >= 0.6 is 0 Å². The van der Waals surface area contributed by atoms with E-state index < -0.39 is 0 Å². The fraction of sp³-hybridized carbons (Fsp3) is 0.444. The van der Waals surface area contributed by atoms with E-state index in [0.717, 1.165) is 22.4 Å². The minimum Gasteiger partial charge on any atom is -0.506 e. The molecule has 134 valence electrons. The molecule has 0 aliphatic heterocycles. The average molecular weight is 344 g/mol. The van der Waals surface area contributed by atoms with Gasteiger partial charge in [-0.15, -0.1) is 0 Å². The van der Waals surface area contributed by atoms with Gasteiger partial charge in [0, 0.05) is 24.2 Å². The summed E-state index contributed by atoms with van der Waals surface area (Å²) < 4.78 is 0. The lowest BCUT2D eigenvalue weighted by molar-refractivity contribution is 0.280. The van der Waals surface area contributed by atoms with Crippen LogP contribution < -0.4 is 10.6 Å². The summed E-state index contributed by atoms with van der Waals surface area (Å²) in [7, 11) is 0. The van der Waals surface area contributed by atoms with E-state index in [1.807, 2.05) is 6.07 Å². The Morgan fingerprint density at radius 2 is 1.84 bits per heavy atom. The van der Waals surface area contributed by atoms with E-state index in [4.69, 9.17) is 5.73 Å². The normalized spacial score (nSPS) is 14.7. The maximum atomic E-state index is 10.5. The quantitative estimate of drug-likeness (QED) is 0.641. The SMILES string of the molecule is CC1(C)Cc2c(ccc(O)c2N(CCO)CCO)-c2ncnc(N)c21. The van der Waals surface area contributed by atoms with Crippen LogP contribution in [0.4, 0.5) is 11.5 Å². The van der Waals surface area contributed by atoms with Crippen LogP contribution in [0.15, 0.2) is 18.5 Å². The Kier molecular flexibility index (Phi) is 4.53. The van der Waals surface area contributed by atoms with Crippen LogP contribution in [0.1, 0.15) is 25.0 Å². The van der Waals surface area contributed by atoms with Crippen molar-refractivity contribution in [1.29, 1.82) is 0 Å². The summed E-state index contributed by atoms with van der Waals surface area (Å²) in [4.78, 5) is 10.4. The number of aliphatic hydroxyl groups excluding tert-OH is 2. The molecule has 5 N–H and O–H groups in total. The Balaban J connectivity index is 2.26. The molecule has 1 heterocycles. The summed E-state index contributed by atoms with van der Waals surface area (Å²) >= 11 is 0. The molecule has 7 heteroatoms. The van der Waals surface area contributed by atoms with Crippen molar-refractivity contribution in [3.05, 3.63) is 29.6 Å². The van der Waals surface area contributed by atoms with Crippen molar-refractivity contribution >= 4 is 11.5 Å². The number of anilines is 2. The molecule has 3 rings (SSSR count). The van der Waals surface area contributed by atoms with Gasteiger partial charge in [0.1, 0.15) is 17.9 Å². The van der Waals surface area contributed by atoms with E-state index in [-0.39, 0.29) is 24.4 Å². The summed E-state index contributed by atoms with van der Waals surface area (Å²) in [5.41, 5.74) is 9.98. The Morgan fingerprint density at radius 3 is 2.48 bits per heavy atom. The molecule has 1 aromatic carbocycles. The number of nitrogen functional groups attached to an aromatic ring is 1. The first-order valence-corrected chi connectivity index (χ1v) is 8.33. The molecule has 0 bridgehead atoms. The van der Waals surface area contributed by atoms with Gasteiger partial charge in [0.2, 0.25) is 0 Å². The molecule has 1 aliphatic carbocycles. The van der Waals surface area contributed by atoms with Crippen LogP contribution in [-0.2, 0) is 11.8 Å². The van der Waals surface area contributed by atoms with Gasteiger partial charge in [-0.3, -0.25) is 0 Å². The third-order valence-electron chi connectivity index (χ3n) is 4.74. The maximum absolute atomic E-state index is 10.5. The predicted octanol–water partition coefficient (Wildman–Crippen LogP) is 1.06. The van der Waals surface area contributed by atoms with Gasteiger partial charge in [0.15, 0.2) is 0 Å². The third-order valence-corrected chi connectivity index (χ3v) is 4.74. The van der Waals surface area contributed by atoms with Gasteiger partial charge >= 0.3 is 0 Å². The molecule has 0 fully saturated rings. The number of phenols is 1. The largest absolute Gasteiger partial charge is 0.506 e. The van der Waals surface area contributed by atoms with Gasteiger partial charge in [-0.1, -0.05) is 13.8 Å². The molecular formula is C18H24N4O3. The maximum Gasteiger partial charge on any atom is 0.139 e. The highest BCUT2D eigenvalue weighted by Gasteiger charge is 2.37. The second-order valence-electron chi connectivity index (χ2n) is 6.94. The van der Waals surface area contributed by atoms with Gasteiger partial charge in [-0.2, -0.15) is 0 Å². The van der Waals surface area contributed by atoms with E-state index in [2.05, 4.69) is 23.8 Å². The number of rotatable bonds is 5. The summed E-state index contributed by atoms with van der Waals surface area (Å²) in [6.07, 6.45) is 2.09. The number of phenolic OH excluding ortho intramolecular Hbond substituents is 1. The zero-order valence-corrected chi connectivity index (χ0v) is 14.5. The molecule has 0 radical (unpaired) electrons. The number of aliphatic hydroxyl groups is 2. The van der Waals surface area contributed by atoms with Gasteiger partial charge in [0.25, 0.3) is 0 Å². The molecule has 0 atom stereocenters. The molecular weight excluding hydrogens is 320 g/mol. The molecule has 7 nitrogen and oxygen atoms in total. The predicted molar refractivity (Wildman–Crippen MR) is 96.7 cm³/mol. The van der Waals surface area contributed by atoms with Crippen molar-refractivity contribution < 1.29 is 15.3 Å². The lowest BCUT2D eigenvalue weighted by Crippen LogP contribution is -2.34. The lowest BCUT2D eigenvalue weighted by Gasteiger charge is -2.37. The van der Waals surface area contributed by atoms with E-state index in [0.29, 0.717) is 31.0 Å². The van der Waals surface area contributed by atoms with Crippen LogP contribution in [0.5, 0.6) is 5.75 Å². The highest BCUT2D eigenvalue weighted by atomic mass is 16.3. The molecule has 1 aromatic heterocycles. The summed E-state index contributed by atoms with van der Waals surface area (Å²) in [5, 5.41) is 29.2. The second-order valence-corrected chi connectivity index (χ2v) is 6.94. The first-order valence-electron chi connectivity index (χ1n) is 8.33. The van der Waals surface area contributed by atoms with Gasteiger partial charge < -0.3 is 26.0 Å². The highest BCUT2D eigenvalue weighted by Crippen LogP contribution is 2.49. The van der Waals surface area contributed by atoms with Crippen LogP contribution in [0.25, 0.3) is 11.3 Å². The fourth-order valence-electron chi connectivity index (χ4n) is 3.76. The number of hydrogen-bond acceptors (Lipinski definition) is 7. The fourth-order valence-corrected chi connectivity index (χ4v) is 3.76. The van der Waals surface area contributed by atoms with Gasteiger partial charge in [-0.25, -0.2) is 9.97 Å². The molecule has 0 unspecified atom stereocenters. The van der Waals surface area contributed by atoms with Crippen molar-refractivity contribution in [2.75, 3.05) is 36.9 Å². The first-order chi connectivity index (χ1) is 11.9. The Labute approximate surface area is 146 Å². The standard InChI is InChI=1S/C18H24N4O3/c1-18(2)9-12-11(15-14(18)17(19)21-10-20-15)3-4-13(25)16(12)22(5-7-23)6-8-24/h3-4,10,23-25H,5-9H2,1-2H3,(H2,19,20,21). The number of hydrogen-bond donors (Lipinski definition) is 4. The second kappa shape index (κ2) is 6.50. The summed E-state index contributed by atoms with van der Waals surface area (Å²) in [6.45, 7) is 4.65. The molecule has 0 amide bonds. The number of fused-ring (bicyclic) bond motifs is 3. The van der Waals surface area contributed by atoms with Crippen LogP contribution in [0, 0.1) is 0 Å². The average Bonchev–Trinajstić information content (AvgIpc) is 2.54. The van der Waals surface area contributed by atoms with Crippen molar-refractivity contribution in [3.8, 4) is 17.0 Å². The van der Waals surface area contributed by atoms with Crippen LogP contribution in [-0.4, -0.2) is 51.6 Å². The van der Waals surface area contributed by atoms with Crippen molar-refractivity contribution in [1.82, 2.24) is 9.97 Å². The lowest BCUT2D eigenvalue weighted by atomic mass is 9.71. The number of nitrogens with two attached hydrogens (primary N) is 1. The Morgan fingerprint density at radius 1 is 1.16 bits per heavy atom. The van der Waals surface area contributed by atoms with Gasteiger partial charge in [-0.05, 0) is 29.5 Å². The Bertz CT molecular complexity index is 786. The zero-order valence-electron chi connectivity index (χ0n) is 14.5. The van der Waals surface area contributed by atoms with Gasteiger partial charge in [0.05, 0.1) is 24.6 Å². The molecule has 2 aromatic rings. The molecule has 25 heavy (non-hydrogen) atoms. The highest BCUT2D eigenvalue weighted by molar-refractivity contribution is 5.83. The number of benzene rings is 1. The van der Waals surface area contributed by atoms with Crippen molar-refractivity contribution in [3.63, 3.8) is 0 Å². The number of aromatic hydroxyl groups is 1. The topological polar surface area (TPSA) is 116 Å². The minimum atomic E-state index is -0.305. The third kappa shape index (κ3) is 2.89. The Hall–Kier alpha value is -2.38. The summed E-state index contributed by atoms with van der Waals surface area (Å²) in [6, 6.07) is 3.46. The zero-order chi connectivity index (χ0) is 18.2. The van der Waals surface area contributed by atoms with E-state index >= 15 is 0 Å². The van der Waals surface area contributed by atoms with E-state index in [1.165, 1.54) is 6.33 Å². The first kappa shape index (κ1) is 17.4. The minimum absolute atomic E-state index is 0.0712. The van der Waals surface area contributed by atoms with Crippen LogP contribution in [0.2, 0.25) is 0 Å². The molecule has 0 spiro atoms. The van der Waals surface area contributed by atoms with E-state index in [1.54, 1.807) is 11.0 Å². The molecule has 0 saturated heterocycles. The van der Waals surface area contributed by atoms with Crippen LogP contribution in [0.3, 0.4) is 0 Å². The molecule has 0 saturated carbocycles.